The molecule has 0 spiro atoms. The van der Waals surface area contributed by atoms with Crippen molar-refractivity contribution in [3.05, 3.63) is 0 Å². The summed E-state index contributed by atoms with van der Waals surface area (Å²) in [7, 11) is 1.45. The smallest absolute Gasteiger partial charge is 0.310 e. The second-order valence-corrected chi connectivity index (χ2v) is 2.19. The van der Waals surface area contributed by atoms with Crippen molar-refractivity contribution in [2.45, 2.75) is 6.42 Å². The van der Waals surface area contributed by atoms with E-state index in [0.29, 0.717) is 0 Å². The third-order valence-electron chi connectivity index (χ3n) is 0.979. The number of carbonyl (C=O) groups excluding carboxylic acids is 1. The van der Waals surface area contributed by atoms with Gasteiger partial charge in [0.15, 0.2) is 5.78 Å². The van der Waals surface area contributed by atoms with Crippen LogP contribution in [0, 0.1) is 0 Å². The fourth-order valence-electron chi connectivity index (χ4n) is 0.551. The number of carboxylic acids is 1. The van der Waals surface area contributed by atoms with Crippen molar-refractivity contribution in [2.24, 2.45) is 0 Å². The fraction of sp³-hybridized carbons (Fsp3) is 0.714. The standard InChI is InChI=1S/C7H12O6/c1-11-4-13-5-12-3-6(8)2-7(9)10/h2-5H2,1H3,(H,9,10). The maximum absolute atomic E-state index is 10.7. The van der Waals surface area contributed by atoms with Gasteiger partial charge in [-0.25, -0.2) is 0 Å². The van der Waals surface area contributed by atoms with Crippen LogP contribution in [-0.2, 0) is 23.8 Å². The van der Waals surface area contributed by atoms with Crippen molar-refractivity contribution in [1.29, 1.82) is 0 Å². The summed E-state index contributed by atoms with van der Waals surface area (Å²) in [5, 5.41) is 8.20. The van der Waals surface area contributed by atoms with Crippen molar-refractivity contribution in [2.75, 3.05) is 27.3 Å². The summed E-state index contributed by atoms with van der Waals surface area (Å²) in [6, 6.07) is 0. The van der Waals surface area contributed by atoms with Gasteiger partial charge < -0.3 is 19.3 Å². The molecule has 76 valence electrons. The van der Waals surface area contributed by atoms with Crippen LogP contribution in [-0.4, -0.2) is 44.2 Å². The zero-order chi connectivity index (χ0) is 10.1. The van der Waals surface area contributed by atoms with Gasteiger partial charge in [0.25, 0.3) is 0 Å². The van der Waals surface area contributed by atoms with Crippen molar-refractivity contribution in [3.8, 4) is 0 Å². The SMILES string of the molecule is COCOCOCC(=O)CC(=O)O. The van der Waals surface area contributed by atoms with Gasteiger partial charge in [-0.3, -0.25) is 9.59 Å². The van der Waals surface area contributed by atoms with Gasteiger partial charge in [0.1, 0.15) is 26.6 Å². The highest BCUT2D eigenvalue weighted by molar-refractivity contribution is 5.95. The molecule has 0 unspecified atom stereocenters. The van der Waals surface area contributed by atoms with Crippen LogP contribution in [0.1, 0.15) is 6.42 Å². The summed E-state index contributed by atoms with van der Waals surface area (Å²) in [4.78, 5) is 20.7. The van der Waals surface area contributed by atoms with Crippen LogP contribution in [0.2, 0.25) is 0 Å². The molecule has 0 atom stereocenters. The van der Waals surface area contributed by atoms with Gasteiger partial charge in [0.2, 0.25) is 0 Å². The van der Waals surface area contributed by atoms with Gasteiger partial charge in [0.05, 0.1) is 0 Å². The molecule has 0 aliphatic heterocycles. The van der Waals surface area contributed by atoms with E-state index in [2.05, 4.69) is 9.47 Å². The number of hydrogen-bond donors (Lipinski definition) is 1. The van der Waals surface area contributed by atoms with E-state index in [-0.39, 0.29) is 20.2 Å². The Morgan fingerprint density at radius 1 is 1.23 bits per heavy atom. The molecule has 6 heteroatoms. The van der Waals surface area contributed by atoms with Crippen LogP contribution in [0.3, 0.4) is 0 Å². The minimum atomic E-state index is -1.16. The van der Waals surface area contributed by atoms with Crippen molar-refractivity contribution < 1.29 is 28.9 Å². The second kappa shape index (κ2) is 7.66. The summed E-state index contributed by atoms with van der Waals surface area (Å²) in [5.74, 6) is -1.65. The third-order valence-corrected chi connectivity index (χ3v) is 0.979. The number of aliphatic carboxylic acids is 1. The lowest BCUT2D eigenvalue weighted by atomic mass is 10.3. The van der Waals surface area contributed by atoms with Crippen LogP contribution >= 0.6 is 0 Å². The Morgan fingerprint density at radius 2 is 1.92 bits per heavy atom. The number of Topliss-reactive ketones (excluding diaryl/α,β-unsaturated/α-hetero) is 1. The first-order valence-corrected chi connectivity index (χ1v) is 3.54. The Kier molecular flexibility index (Phi) is 7.08. The van der Waals surface area contributed by atoms with Gasteiger partial charge >= 0.3 is 5.97 Å². The molecule has 1 N–H and O–H groups in total. The van der Waals surface area contributed by atoms with Gasteiger partial charge in [-0.05, 0) is 0 Å². The van der Waals surface area contributed by atoms with E-state index in [1.165, 1.54) is 7.11 Å². The highest BCUT2D eigenvalue weighted by Crippen LogP contribution is 1.86. The van der Waals surface area contributed by atoms with Crippen LogP contribution in [0.25, 0.3) is 0 Å². The molecule has 0 rings (SSSR count). The number of carboxylic acid groups (broad SMARTS) is 1. The van der Waals surface area contributed by atoms with Gasteiger partial charge in [-0.15, -0.1) is 0 Å². The number of ether oxygens (including phenoxy) is 3. The van der Waals surface area contributed by atoms with Crippen molar-refractivity contribution in [3.63, 3.8) is 0 Å². The molecule has 0 radical (unpaired) electrons. The number of rotatable bonds is 8. The van der Waals surface area contributed by atoms with Gasteiger partial charge in [0, 0.05) is 7.11 Å². The molecule has 13 heavy (non-hydrogen) atoms. The maximum atomic E-state index is 10.7. The van der Waals surface area contributed by atoms with E-state index >= 15 is 0 Å². The Balaban J connectivity index is 3.22. The molecule has 0 heterocycles. The van der Waals surface area contributed by atoms with Crippen LogP contribution in [0.15, 0.2) is 0 Å². The van der Waals surface area contributed by atoms with Crippen LogP contribution in [0.4, 0.5) is 0 Å². The largest absolute Gasteiger partial charge is 0.481 e. The molecule has 0 amide bonds. The minimum absolute atomic E-state index is 0.0765. The highest BCUT2D eigenvalue weighted by Gasteiger charge is 2.06. The molecule has 0 saturated heterocycles. The van der Waals surface area contributed by atoms with E-state index in [1.54, 1.807) is 0 Å². The van der Waals surface area contributed by atoms with E-state index in [1.807, 2.05) is 0 Å². The number of ketones is 1. The molecule has 0 bridgehead atoms. The minimum Gasteiger partial charge on any atom is -0.481 e. The quantitative estimate of drug-likeness (QED) is 0.321. The number of methoxy groups -OCH3 is 1. The lowest BCUT2D eigenvalue weighted by Crippen LogP contribution is -2.15. The van der Waals surface area contributed by atoms with E-state index in [9.17, 15) is 9.59 Å². The topological polar surface area (TPSA) is 82.1 Å². The first kappa shape index (κ1) is 12.0. The summed E-state index contributed by atoms with van der Waals surface area (Å²) in [6.45, 7) is -0.262. The Hall–Kier alpha value is -0.980. The average molecular weight is 192 g/mol. The zero-order valence-electron chi connectivity index (χ0n) is 7.32. The van der Waals surface area contributed by atoms with Crippen molar-refractivity contribution in [1.82, 2.24) is 0 Å². The Bertz CT molecular complexity index is 166. The number of carbonyl (C=O) groups is 2. The maximum Gasteiger partial charge on any atom is 0.310 e. The van der Waals surface area contributed by atoms with Crippen molar-refractivity contribution >= 4 is 11.8 Å². The van der Waals surface area contributed by atoms with E-state index in [0.717, 1.165) is 0 Å². The second-order valence-electron chi connectivity index (χ2n) is 2.19. The fourth-order valence-corrected chi connectivity index (χ4v) is 0.551. The molecular formula is C7H12O6. The summed E-state index contributed by atoms with van der Waals surface area (Å²) < 4.78 is 13.9. The van der Waals surface area contributed by atoms with Crippen LogP contribution < -0.4 is 0 Å². The van der Waals surface area contributed by atoms with Gasteiger partial charge in [-0.2, -0.15) is 0 Å². The lowest BCUT2D eigenvalue weighted by molar-refractivity contribution is -0.147. The van der Waals surface area contributed by atoms with E-state index < -0.39 is 18.2 Å². The first-order chi connectivity index (χ1) is 6.16. The molecular weight excluding hydrogens is 180 g/mol. The average Bonchev–Trinajstić information content (AvgIpc) is 2.02. The van der Waals surface area contributed by atoms with Crippen LogP contribution in [0.5, 0.6) is 0 Å². The monoisotopic (exact) mass is 192 g/mol. The first-order valence-electron chi connectivity index (χ1n) is 3.54. The molecule has 0 aromatic heterocycles. The van der Waals surface area contributed by atoms with E-state index in [4.69, 9.17) is 9.84 Å². The third kappa shape index (κ3) is 8.93. The zero-order valence-corrected chi connectivity index (χ0v) is 7.32. The summed E-state index contributed by atoms with van der Waals surface area (Å²) in [6.07, 6.45) is -0.524. The normalized spacial score (nSPS) is 9.92. The van der Waals surface area contributed by atoms with Gasteiger partial charge in [-0.1, -0.05) is 0 Å². The Labute approximate surface area is 75.4 Å². The number of hydrogen-bond acceptors (Lipinski definition) is 5. The molecule has 0 fully saturated rings. The molecule has 0 saturated carbocycles. The molecule has 0 aromatic carbocycles. The molecule has 0 aromatic rings. The predicted octanol–water partition coefficient (Wildman–Crippen LogP) is -0.375. The Morgan fingerprint density at radius 3 is 2.46 bits per heavy atom. The lowest BCUT2D eigenvalue weighted by Gasteiger charge is -2.02. The molecule has 0 aliphatic rings. The summed E-state index contributed by atoms with van der Waals surface area (Å²) >= 11 is 0. The predicted molar refractivity (Wildman–Crippen MR) is 41.0 cm³/mol. The molecule has 6 nitrogen and oxygen atoms in total. The molecule has 0 aliphatic carbocycles. The highest BCUT2D eigenvalue weighted by atomic mass is 16.7. The summed E-state index contributed by atoms with van der Waals surface area (Å²) in [5.41, 5.74) is 0.